The molecule has 0 unspecified atom stereocenters. The summed E-state index contributed by atoms with van der Waals surface area (Å²) in [5, 5.41) is 7.46. The summed E-state index contributed by atoms with van der Waals surface area (Å²) in [5.41, 5.74) is 0.465. The van der Waals surface area contributed by atoms with E-state index in [0.29, 0.717) is 5.56 Å². The van der Waals surface area contributed by atoms with Gasteiger partial charge < -0.3 is 9.47 Å². The van der Waals surface area contributed by atoms with Gasteiger partial charge >= 0.3 is 5.97 Å². The molecule has 19 heavy (non-hydrogen) atoms. The summed E-state index contributed by atoms with van der Waals surface area (Å²) in [5.74, 6) is -0.985. The van der Waals surface area contributed by atoms with Crippen LogP contribution in [-0.4, -0.2) is 22.8 Å². The van der Waals surface area contributed by atoms with Crippen molar-refractivity contribution in [1.82, 2.24) is 10.2 Å². The molecule has 0 fully saturated rings. The number of esters is 1. The number of aromatic nitrogens is 2. The van der Waals surface area contributed by atoms with Gasteiger partial charge in [-0.1, -0.05) is 17.2 Å². The number of benzene rings is 1. The lowest BCUT2D eigenvalue weighted by Crippen LogP contribution is -2.03. The average Bonchev–Trinajstić information content (AvgIpc) is 2.84. The lowest BCUT2D eigenvalue weighted by Gasteiger charge is -2.03. The second-order valence-corrected chi connectivity index (χ2v) is 4.52. The summed E-state index contributed by atoms with van der Waals surface area (Å²) in [6, 6.07) is 4.78. The summed E-state index contributed by atoms with van der Waals surface area (Å²) in [6.45, 7) is 3.58. The second kappa shape index (κ2) is 5.75. The summed E-state index contributed by atoms with van der Waals surface area (Å²) >= 11 is 0.905. The van der Waals surface area contributed by atoms with Crippen molar-refractivity contribution in [1.29, 1.82) is 0 Å². The first kappa shape index (κ1) is 13.4. The van der Waals surface area contributed by atoms with Crippen LogP contribution in [0.1, 0.15) is 22.3 Å². The van der Waals surface area contributed by atoms with E-state index in [1.54, 1.807) is 26.0 Å². The minimum Gasteiger partial charge on any atom is -0.461 e. The van der Waals surface area contributed by atoms with Crippen LogP contribution in [0.3, 0.4) is 0 Å². The van der Waals surface area contributed by atoms with Gasteiger partial charge in [0.15, 0.2) is 11.6 Å². The molecule has 1 heterocycles. The average molecular weight is 282 g/mol. The molecule has 2 rings (SSSR count). The maximum Gasteiger partial charge on any atom is 0.369 e. The lowest BCUT2D eigenvalue weighted by atomic mass is 10.2. The molecule has 0 bridgehead atoms. The largest absolute Gasteiger partial charge is 0.461 e. The van der Waals surface area contributed by atoms with Crippen molar-refractivity contribution in [3.8, 4) is 10.9 Å². The molecule has 0 amide bonds. The fraction of sp³-hybridized carbons (Fsp3) is 0.250. The van der Waals surface area contributed by atoms with Crippen molar-refractivity contribution in [3.05, 3.63) is 34.6 Å². The topological polar surface area (TPSA) is 61.3 Å². The number of halogens is 1. The Balaban J connectivity index is 2.16. The molecule has 100 valence electrons. The molecule has 1 aromatic carbocycles. The highest BCUT2D eigenvalue weighted by Gasteiger charge is 2.16. The molecule has 5 nitrogen and oxygen atoms in total. The van der Waals surface area contributed by atoms with Gasteiger partial charge in [-0.05, 0) is 36.8 Å². The van der Waals surface area contributed by atoms with Gasteiger partial charge in [-0.15, -0.1) is 5.10 Å². The molecule has 1 aromatic heterocycles. The van der Waals surface area contributed by atoms with Crippen LogP contribution in [0, 0.1) is 12.7 Å². The van der Waals surface area contributed by atoms with Crippen molar-refractivity contribution in [2.75, 3.05) is 6.61 Å². The molecule has 0 atom stereocenters. The van der Waals surface area contributed by atoms with Crippen LogP contribution in [0.25, 0.3) is 0 Å². The van der Waals surface area contributed by atoms with Gasteiger partial charge in [0.2, 0.25) is 5.01 Å². The zero-order chi connectivity index (χ0) is 13.8. The van der Waals surface area contributed by atoms with E-state index in [-0.39, 0.29) is 22.6 Å². The number of carbonyl (C=O) groups excluding carboxylic acids is 1. The molecular weight excluding hydrogens is 271 g/mol. The SMILES string of the molecule is CCOC(=O)c1nnc(Oc2cccc(C)c2F)s1. The van der Waals surface area contributed by atoms with E-state index in [1.165, 1.54) is 6.07 Å². The Morgan fingerprint density at radius 1 is 1.42 bits per heavy atom. The molecular formula is C12H11FN2O3S. The Labute approximate surface area is 113 Å². The van der Waals surface area contributed by atoms with E-state index >= 15 is 0 Å². The van der Waals surface area contributed by atoms with Gasteiger partial charge in [0.1, 0.15) is 0 Å². The summed E-state index contributed by atoms with van der Waals surface area (Å²) in [4.78, 5) is 11.4. The number of carbonyl (C=O) groups is 1. The zero-order valence-corrected chi connectivity index (χ0v) is 11.2. The number of aryl methyl sites for hydroxylation is 1. The highest BCUT2D eigenvalue weighted by Crippen LogP contribution is 2.28. The molecule has 0 aliphatic rings. The number of hydrogen-bond donors (Lipinski definition) is 0. The third kappa shape index (κ3) is 3.05. The van der Waals surface area contributed by atoms with Crippen LogP contribution in [0.2, 0.25) is 0 Å². The Hall–Kier alpha value is -2.02. The molecule has 0 saturated heterocycles. The van der Waals surface area contributed by atoms with E-state index in [1.807, 2.05) is 0 Å². The molecule has 0 aliphatic heterocycles. The molecule has 7 heteroatoms. The van der Waals surface area contributed by atoms with Gasteiger partial charge in [-0.25, -0.2) is 9.18 Å². The predicted octanol–water partition coefficient (Wildman–Crippen LogP) is 2.95. The monoisotopic (exact) mass is 282 g/mol. The summed E-state index contributed by atoms with van der Waals surface area (Å²) in [6.07, 6.45) is 0. The smallest absolute Gasteiger partial charge is 0.369 e. The predicted molar refractivity (Wildman–Crippen MR) is 67.1 cm³/mol. The Morgan fingerprint density at radius 3 is 2.95 bits per heavy atom. The molecule has 0 radical (unpaired) electrons. The van der Waals surface area contributed by atoms with Gasteiger partial charge in [-0.2, -0.15) is 0 Å². The van der Waals surface area contributed by atoms with Crippen molar-refractivity contribution in [3.63, 3.8) is 0 Å². The number of rotatable bonds is 4. The quantitative estimate of drug-likeness (QED) is 0.807. The Bertz CT molecular complexity index is 600. The lowest BCUT2D eigenvalue weighted by molar-refractivity contribution is 0.0525. The third-order valence-corrected chi connectivity index (χ3v) is 2.99. The van der Waals surface area contributed by atoms with E-state index in [9.17, 15) is 9.18 Å². The van der Waals surface area contributed by atoms with Gasteiger partial charge in [-0.3, -0.25) is 0 Å². The molecule has 0 spiro atoms. The molecule has 0 aliphatic carbocycles. The van der Waals surface area contributed by atoms with Crippen molar-refractivity contribution >= 4 is 17.3 Å². The van der Waals surface area contributed by atoms with Crippen LogP contribution in [0.4, 0.5) is 4.39 Å². The van der Waals surface area contributed by atoms with E-state index in [2.05, 4.69) is 10.2 Å². The number of hydrogen-bond acceptors (Lipinski definition) is 6. The van der Waals surface area contributed by atoms with Crippen LogP contribution in [0.5, 0.6) is 10.9 Å². The van der Waals surface area contributed by atoms with Crippen LogP contribution in [0.15, 0.2) is 18.2 Å². The van der Waals surface area contributed by atoms with Crippen LogP contribution >= 0.6 is 11.3 Å². The highest BCUT2D eigenvalue weighted by molar-refractivity contribution is 7.14. The van der Waals surface area contributed by atoms with Gasteiger partial charge in [0, 0.05) is 0 Å². The summed E-state index contributed by atoms with van der Waals surface area (Å²) < 4.78 is 23.7. The highest BCUT2D eigenvalue weighted by atomic mass is 32.1. The zero-order valence-electron chi connectivity index (χ0n) is 10.3. The first-order chi connectivity index (χ1) is 9.11. The van der Waals surface area contributed by atoms with Gasteiger partial charge in [0.05, 0.1) is 6.61 Å². The van der Waals surface area contributed by atoms with Crippen LogP contribution in [-0.2, 0) is 4.74 Å². The van der Waals surface area contributed by atoms with E-state index < -0.39 is 11.8 Å². The Morgan fingerprint density at radius 2 is 2.21 bits per heavy atom. The first-order valence-electron chi connectivity index (χ1n) is 5.55. The minimum atomic E-state index is -0.570. The molecule has 2 aromatic rings. The van der Waals surface area contributed by atoms with Crippen molar-refractivity contribution < 1.29 is 18.7 Å². The fourth-order valence-electron chi connectivity index (χ4n) is 1.32. The summed E-state index contributed by atoms with van der Waals surface area (Å²) in [7, 11) is 0. The van der Waals surface area contributed by atoms with Gasteiger partial charge in [0.25, 0.3) is 5.19 Å². The first-order valence-corrected chi connectivity index (χ1v) is 6.37. The van der Waals surface area contributed by atoms with E-state index in [0.717, 1.165) is 11.3 Å². The standard InChI is InChI=1S/C12H11FN2O3S/c1-3-17-11(16)10-14-15-12(19-10)18-8-6-4-5-7(2)9(8)13/h4-6H,3H2,1-2H3. The minimum absolute atomic E-state index is 0.0477. The van der Waals surface area contributed by atoms with Crippen molar-refractivity contribution in [2.45, 2.75) is 13.8 Å². The number of nitrogens with zero attached hydrogens (tertiary/aromatic N) is 2. The van der Waals surface area contributed by atoms with Crippen LogP contribution < -0.4 is 4.74 Å². The number of ether oxygens (including phenoxy) is 2. The molecule has 0 saturated carbocycles. The molecule has 0 N–H and O–H groups in total. The third-order valence-electron chi connectivity index (χ3n) is 2.21. The fourth-order valence-corrected chi connectivity index (χ4v) is 1.92. The normalized spacial score (nSPS) is 10.3. The van der Waals surface area contributed by atoms with Crippen molar-refractivity contribution in [2.24, 2.45) is 0 Å². The Kier molecular flexibility index (Phi) is 4.06. The second-order valence-electron chi connectivity index (χ2n) is 3.58. The van der Waals surface area contributed by atoms with E-state index in [4.69, 9.17) is 9.47 Å². The maximum absolute atomic E-state index is 13.7. The maximum atomic E-state index is 13.7.